The van der Waals surface area contributed by atoms with Crippen LogP contribution in [0.4, 0.5) is 0 Å². The van der Waals surface area contributed by atoms with E-state index >= 15 is 0 Å². The van der Waals surface area contributed by atoms with Crippen molar-refractivity contribution in [1.82, 2.24) is 5.32 Å². The molecule has 1 aromatic carbocycles. The van der Waals surface area contributed by atoms with E-state index in [1.165, 1.54) is 0 Å². The predicted molar refractivity (Wildman–Crippen MR) is 65.4 cm³/mol. The minimum absolute atomic E-state index is 0.0346. The second-order valence-corrected chi connectivity index (χ2v) is 4.48. The maximum atomic E-state index is 9.21. The summed E-state index contributed by atoms with van der Waals surface area (Å²) >= 11 is 0. The molecular weight excluding hydrogens is 218 g/mol. The molecule has 0 heterocycles. The molecule has 2 rings (SSSR count). The zero-order valence-electron chi connectivity index (χ0n) is 10.3. The lowest BCUT2D eigenvalue weighted by Crippen LogP contribution is -2.34. The highest BCUT2D eigenvalue weighted by Gasteiger charge is 2.41. The summed E-state index contributed by atoms with van der Waals surface area (Å²) in [6, 6.07) is 5.86. The van der Waals surface area contributed by atoms with E-state index in [2.05, 4.69) is 5.32 Å². The van der Waals surface area contributed by atoms with Crippen LogP contribution in [0.3, 0.4) is 0 Å². The minimum atomic E-state index is -0.0346. The Morgan fingerprint density at radius 3 is 2.47 bits per heavy atom. The standard InChI is InChI=1S/C13H19NO3/c1-16-11-4-3-10(7-12(11)17-2)8-14-13(9-15)5-6-13/h3-4,7,14-15H,5-6,8-9H2,1-2H3. The number of nitrogens with one attached hydrogen (secondary N) is 1. The molecule has 0 amide bonds. The quantitative estimate of drug-likeness (QED) is 0.783. The highest BCUT2D eigenvalue weighted by molar-refractivity contribution is 5.42. The van der Waals surface area contributed by atoms with Gasteiger partial charge >= 0.3 is 0 Å². The van der Waals surface area contributed by atoms with Gasteiger partial charge in [0.1, 0.15) is 0 Å². The van der Waals surface area contributed by atoms with Crippen molar-refractivity contribution in [2.75, 3.05) is 20.8 Å². The van der Waals surface area contributed by atoms with Crippen LogP contribution in [0.1, 0.15) is 18.4 Å². The number of rotatable bonds is 6. The average molecular weight is 237 g/mol. The maximum Gasteiger partial charge on any atom is 0.161 e. The fourth-order valence-electron chi connectivity index (χ4n) is 1.82. The number of aliphatic hydroxyl groups excluding tert-OH is 1. The third kappa shape index (κ3) is 2.70. The number of benzene rings is 1. The Labute approximate surface area is 102 Å². The molecule has 0 bridgehead atoms. The highest BCUT2D eigenvalue weighted by atomic mass is 16.5. The van der Waals surface area contributed by atoms with Gasteiger partial charge in [0.25, 0.3) is 0 Å². The van der Waals surface area contributed by atoms with Crippen molar-refractivity contribution in [3.63, 3.8) is 0 Å². The van der Waals surface area contributed by atoms with Crippen LogP contribution in [-0.2, 0) is 6.54 Å². The van der Waals surface area contributed by atoms with Gasteiger partial charge in [0.15, 0.2) is 11.5 Å². The van der Waals surface area contributed by atoms with E-state index in [0.717, 1.165) is 36.4 Å². The second-order valence-electron chi connectivity index (χ2n) is 4.48. The summed E-state index contributed by atoms with van der Waals surface area (Å²) in [4.78, 5) is 0. The van der Waals surface area contributed by atoms with Crippen molar-refractivity contribution in [2.24, 2.45) is 0 Å². The second kappa shape index (κ2) is 4.94. The van der Waals surface area contributed by atoms with Crippen molar-refractivity contribution in [2.45, 2.75) is 24.9 Å². The van der Waals surface area contributed by atoms with E-state index in [9.17, 15) is 5.11 Å². The lowest BCUT2D eigenvalue weighted by molar-refractivity contribution is 0.229. The SMILES string of the molecule is COc1ccc(CNC2(CO)CC2)cc1OC. The Bertz CT molecular complexity index is 388. The third-order valence-corrected chi connectivity index (χ3v) is 3.27. The molecule has 1 aliphatic carbocycles. The molecule has 1 saturated carbocycles. The van der Waals surface area contributed by atoms with Crippen LogP contribution >= 0.6 is 0 Å². The van der Waals surface area contributed by atoms with Gasteiger partial charge < -0.3 is 19.9 Å². The van der Waals surface area contributed by atoms with Crippen molar-refractivity contribution in [3.05, 3.63) is 23.8 Å². The molecular formula is C13H19NO3. The van der Waals surface area contributed by atoms with E-state index in [4.69, 9.17) is 9.47 Å². The smallest absolute Gasteiger partial charge is 0.161 e. The van der Waals surface area contributed by atoms with E-state index < -0.39 is 0 Å². The molecule has 17 heavy (non-hydrogen) atoms. The van der Waals surface area contributed by atoms with Gasteiger partial charge in [0, 0.05) is 12.1 Å². The van der Waals surface area contributed by atoms with E-state index in [1.807, 2.05) is 18.2 Å². The normalized spacial score (nSPS) is 16.6. The van der Waals surface area contributed by atoms with Gasteiger partial charge in [-0.3, -0.25) is 0 Å². The summed E-state index contributed by atoms with van der Waals surface area (Å²) in [6.07, 6.45) is 2.10. The molecule has 2 N–H and O–H groups in total. The monoisotopic (exact) mass is 237 g/mol. The Morgan fingerprint density at radius 2 is 1.94 bits per heavy atom. The van der Waals surface area contributed by atoms with Crippen molar-refractivity contribution < 1.29 is 14.6 Å². The molecule has 0 spiro atoms. The summed E-state index contributed by atoms with van der Waals surface area (Å²) in [5.74, 6) is 1.47. The van der Waals surface area contributed by atoms with Crippen LogP contribution in [0.25, 0.3) is 0 Å². The van der Waals surface area contributed by atoms with Crippen LogP contribution in [0.15, 0.2) is 18.2 Å². The zero-order chi connectivity index (χ0) is 12.3. The van der Waals surface area contributed by atoms with E-state index in [-0.39, 0.29) is 12.1 Å². The Morgan fingerprint density at radius 1 is 1.24 bits per heavy atom. The number of aliphatic hydroxyl groups is 1. The average Bonchev–Trinajstić information content (AvgIpc) is 3.16. The third-order valence-electron chi connectivity index (χ3n) is 3.27. The first-order chi connectivity index (χ1) is 8.23. The molecule has 0 atom stereocenters. The van der Waals surface area contributed by atoms with Crippen molar-refractivity contribution in [3.8, 4) is 11.5 Å². The molecule has 1 fully saturated rings. The van der Waals surface area contributed by atoms with Crippen LogP contribution in [0.5, 0.6) is 11.5 Å². The van der Waals surface area contributed by atoms with Gasteiger partial charge in [-0.25, -0.2) is 0 Å². The molecule has 0 radical (unpaired) electrons. The predicted octanol–water partition coefficient (Wildman–Crippen LogP) is 1.32. The van der Waals surface area contributed by atoms with Gasteiger partial charge in [0.2, 0.25) is 0 Å². The lowest BCUT2D eigenvalue weighted by Gasteiger charge is -2.15. The van der Waals surface area contributed by atoms with Gasteiger partial charge in [-0.05, 0) is 30.5 Å². The highest BCUT2D eigenvalue weighted by Crippen LogP contribution is 2.35. The Hall–Kier alpha value is -1.26. The first-order valence-corrected chi connectivity index (χ1v) is 5.80. The summed E-state index contributed by atoms with van der Waals surface area (Å²) in [5.41, 5.74) is 1.09. The number of methoxy groups -OCH3 is 2. The van der Waals surface area contributed by atoms with Crippen LogP contribution in [-0.4, -0.2) is 31.5 Å². The van der Waals surface area contributed by atoms with Crippen LogP contribution < -0.4 is 14.8 Å². The number of hydrogen-bond acceptors (Lipinski definition) is 4. The molecule has 94 valence electrons. The number of hydrogen-bond donors (Lipinski definition) is 2. The zero-order valence-corrected chi connectivity index (χ0v) is 10.3. The lowest BCUT2D eigenvalue weighted by atomic mass is 10.2. The van der Waals surface area contributed by atoms with Crippen LogP contribution in [0.2, 0.25) is 0 Å². The molecule has 4 nitrogen and oxygen atoms in total. The van der Waals surface area contributed by atoms with Crippen LogP contribution in [0, 0.1) is 0 Å². The summed E-state index contributed by atoms with van der Waals surface area (Å²) in [6.45, 7) is 0.946. The summed E-state index contributed by atoms with van der Waals surface area (Å²) in [5, 5.41) is 12.6. The first-order valence-electron chi connectivity index (χ1n) is 5.80. The molecule has 4 heteroatoms. The Kier molecular flexibility index (Phi) is 3.54. The fourth-order valence-corrected chi connectivity index (χ4v) is 1.82. The topological polar surface area (TPSA) is 50.7 Å². The fraction of sp³-hybridized carbons (Fsp3) is 0.538. The molecule has 0 aliphatic heterocycles. The van der Waals surface area contributed by atoms with Gasteiger partial charge in [0.05, 0.1) is 20.8 Å². The van der Waals surface area contributed by atoms with Crippen molar-refractivity contribution >= 4 is 0 Å². The molecule has 1 aromatic rings. The van der Waals surface area contributed by atoms with Gasteiger partial charge in [-0.1, -0.05) is 6.07 Å². The van der Waals surface area contributed by atoms with E-state index in [1.54, 1.807) is 14.2 Å². The van der Waals surface area contributed by atoms with Gasteiger partial charge in [-0.2, -0.15) is 0 Å². The largest absolute Gasteiger partial charge is 0.493 e. The maximum absolute atomic E-state index is 9.21. The number of ether oxygens (including phenoxy) is 2. The van der Waals surface area contributed by atoms with Gasteiger partial charge in [-0.15, -0.1) is 0 Å². The molecule has 1 aliphatic rings. The summed E-state index contributed by atoms with van der Waals surface area (Å²) in [7, 11) is 3.26. The van der Waals surface area contributed by atoms with Crippen molar-refractivity contribution in [1.29, 1.82) is 0 Å². The molecule has 0 saturated heterocycles. The summed E-state index contributed by atoms with van der Waals surface area (Å²) < 4.78 is 10.4. The molecule has 0 unspecified atom stereocenters. The first kappa shape index (κ1) is 12.2. The van der Waals surface area contributed by atoms with E-state index in [0.29, 0.717) is 0 Å². The Balaban J connectivity index is 2.01. The molecule has 0 aromatic heterocycles. The minimum Gasteiger partial charge on any atom is -0.493 e.